The largest absolute Gasteiger partial charge is 0.441 e. The smallest absolute Gasteiger partial charge is 0.197 e. The summed E-state index contributed by atoms with van der Waals surface area (Å²) in [6.45, 7) is 0. The van der Waals surface area contributed by atoms with Crippen molar-refractivity contribution in [2.75, 3.05) is 0 Å². The van der Waals surface area contributed by atoms with E-state index in [1.807, 2.05) is 42.5 Å². The summed E-state index contributed by atoms with van der Waals surface area (Å²) in [5.41, 5.74) is 2.48. The Morgan fingerprint density at radius 1 is 1.20 bits per heavy atom. The minimum absolute atomic E-state index is 0.284. The van der Waals surface area contributed by atoms with Crippen molar-refractivity contribution in [1.29, 1.82) is 0 Å². The summed E-state index contributed by atoms with van der Waals surface area (Å²) in [5, 5.41) is 0.359. The van der Waals surface area contributed by atoms with Gasteiger partial charge in [-0.1, -0.05) is 39.7 Å². The van der Waals surface area contributed by atoms with Crippen LogP contribution < -0.4 is 0 Å². The van der Waals surface area contributed by atoms with Gasteiger partial charge in [-0.2, -0.15) is 0 Å². The Hall–Kier alpha value is -1.03. The lowest BCUT2D eigenvalue weighted by Gasteiger charge is -2.10. The van der Waals surface area contributed by atoms with Crippen LogP contribution >= 0.6 is 39.1 Å². The van der Waals surface area contributed by atoms with Crippen molar-refractivity contribution < 1.29 is 4.42 Å². The van der Waals surface area contributed by atoms with Gasteiger partial charge < -0.3 is 4.42 Å². The number of hydrogen-bond donors (Lipinski definition) is 0. The summed E-state index contributed by atoms with van der Waals surface area (Å²) in [6, 6.07) is 13.3. The molecule has 0 amide bonds. The van der Waals surface area contributed by atoms with E-state index >= 15 is 0 Å². The number of halogens is 3. The van der Waals surface area contributed by atoms with Crippen molar-refractivity contribution in [3.05, 3.63) is 63.4 Å². The first kappa shape index (κ1) is 13.9. The van der Waals surface area contributed by atoms with Crippen LogP contribution in [0.25, 0.3) is 11.1 Å². The van der Waals surface area contributed by atoms with Crippen LogP contribution in [0, 0.1) is 0 Å². The SMILES string of the molecule is Clc1ccc(Br)cc1C(Cl)Cc1nc2ccccc2o1. The molecular formula is C15H10BrCl2NO. The number of oxazole rings is 1. The van der Waals surface area contributed by atoms with Gasteiger partial charge in [0.05, 0.1) is 5.38 Å². The number of aromatic nitrogens is 1. The minimum Gasteiger partial charge on any atom is -0.441 e. The van der Waals surface area contributed by atoms with E-state index in [9.17, 15) is 0 Å². The molecule has 0 bridgehead atoms. The monoisotopic (exact) mass is 369 g/mol. The van der Waals surface area contributed by atoms with E-state index in [-0.39, 0.29) is 5.38 Å². The Morgan fingerprint density at radius 3 is 2.80 bits per heavy atom. The third kappa shape index (κ3) is 2.85. The fraction of sp³-hybridized carbons (Fsp3) is 0.133. The summed E-state index contributed by atoms with van der Waals surface area (Å²) in [4.78, 5) is 4.42. The van der Waals surface area contributed by atoms with Crippen molar-refractivity contribution in [1.82, 2.24) is 4.98 Å². The Kier molecular flexibility index (Phi) is 4.01. The topological polar surface area (TPSA) is 26.0 Å². The number of fused-ring (bicyclic) bond motifs is 1. The molecule has 2 aromatic carbocycles. The molecule has 2 nitrogen and oxygen atoms in total. The van der Waals surface area contributed by atoms with E-state index in [1.165, 1.54) is 0 Å². The Labute approximate surface area is 134 Å². The lowest BCUT2D eigenvalue weighted by molar-refractivity contribution is 0.525. The van der Waals surface area contributed by atoms with Crippen LogP contribution in [0.5, 0.6) is 0 Å². The Bertz CT molecular complexity index is 723. The Balaban J connectivity index is 1.88. The van der Waals surface area contributed by atoms with Gasteiger partial charge in [-0.05, 0) is 35.9 Å². The summed E-state index contributed by atoms with van der Waals surface area (Å²) in [5.74, 6) is 0.613. The molecule has 0 spiro atoms. The molecule has 0 aliphatic carbocycles. The normalized spacial score (nSPS) is 12.8. The van der Waals surface area contributed by atoms with Crippen molar-refractivity contribution in [2.24, 2.45) is 0 Å². The maximum absolute atomic E-state index is 6.44. The predicted octanol–water partition coefficient (Wildman–Crippen LogP) is 5.77. The first-order chi connectivity index (χ1) is 9.63. The van der Waals surface area contributed by atoms with E-state index in [1.54, 1.807) is 0 Å². The molecule has 102 valence electrons. The fourth-order valence-corrected chi connectivity index (χ4v) is 3.02. The van der Waals surface area contributed by atoms with Crippen LogP contribution in [0.4, 0.5) is 0 Å². The van der Waals surface area contributed by atoms with Crippen LogP contribution in [0.15, 0.2) is 51.4 Å². The van der Waals surface area contributed by atoms with Crippen LogP contribution in [0.1, 0.15) is 16.8 Å². The summed E-state index contributed by atoms with van der Waals surface area (Å²) in [7, 11) is 0. The van der Waals surface area contributed by atoms with Gasteiger partial charge in [0.15, 0.2) is 11.5 Å². The average molecular weight is 371 g/mol. The van der Waals surface area contributed by atoms with Crippen LogP contribution in [-0.4, -0.2) is 4.98 Å². The molecule has 20 heavy (non-hydrogen) atoms. The predicted molar refractivity (Wildman–Crippen MR) is 85.5 cm³/mol. The van der Waals surface area contributed by atoms with Gasteiger partial charge in [-0.15, -0.1) is 11.6 Å². The first-order valence-electron chi connectivity index (χ1n) is 6.07. The van der Waals surface area contributed by atoms with E-state index in [0.29, 0.717) is 17.3 Å². The van der Waals surface area contributed by atoms with Crippen molar-refractivity contribution in [3.8, 4) is 0 Å². The lowest BCUT2D eigenvalue weighted by Crippen LogP contribution is -1.97. The fourth-order valence-electron chi connectivity index (χ4n) is 2.03. The molecular weight excluding hydrogens is 361 g/mol. The quantitative estimate of drug-likeness (QED) is 0.547. The Morgan fingerprint density at radius 2 is 2.00 bits per heavy atom. The second-order valence-corrected chi connectivity index (χ2v) is 6.26. The van der Waals surface area contributed by atoms with E-state index in [4.69, 9.17) is 27.6 Å². The zero-order chi connectivity index (χ0) is 14.1. The second-order valence-electron chi connectivity index (χ2n) is 4.41. The third-order valence-corrected chi connectivity index (χ3v) is 4.21. The van der Waals surface area contributed by atoms with Crippen molar-refractivity contribution >= 4 is 50.2 Å². The summed E-state index contributed by atoms with van der Waals surface area (Å²) >= 11 is 16.0. The van der Waals surface area contributed by atoms with Gasteiger partial charge in [-0.25, -0.2) is 4.98 Å². The zero-order valence-electron chi connectivity index (χ0n) is 10.3. The maximum atomic E-state index is 6.44. The molecule has 0 saturated heterocycles. The highest BCUT2D eigenvalue weighted by atomic mass is 79.9. The number of para-hydroxylation sites is 2. The molecule has 0 N–H and O–H groups in total. The number of nitrogens with zero attached hydrogens (tertiary/aromatic N) is 1. The average Bonchev–Trinajstić information content (AvgIpc) is 2.83. The first-order valence-corrected chi connectivity index (χ1v) is 7.67. The van der Waals surface area contributed by atoms with Crippen LogP contribution in [0.2, 0.25) is 5.02 Å². The number of hydrogen-bond acceptors (Lipinski definition) is 2. The van der Waals surface area contributed by atoms with Crippen molar-refractivity contribution in [3.63, 3.8) is 0 Å². The zero-order valence-corrected chi connectivity index (χ0v) is 13.4. The van der Waals surface area contributed by atoms with Crippen LogP contribution in [0.3, 0.4) is 0 Å². The van der Waals surface area contributed by atoms with E-state index < -0.39 is 0 Å². The molecule has 0 radical (unpaired) electrons. The molecule has 0 aliphatic rings. The molecule has 3 aromatic rings. The summed E-state index contributed by atoms with van der Waals surface area (Å²) < 4.78 is 6.62. The van der Waals surface area contributed by atoms with E-state index in [0.717, 1.165) is 21.1 Å². The number of alkyl halides is 1. The molecule has 0 aliphatic heterocycles. The second kappa shape index (κ2) is 5.76. The number of benzene rings is 2. The third-order valence-electron chi connectivity index (χ3n) is 2.99. The lowest BCUT2D eigenvalue weighted by atomic mass is 10.1. The molecule has 5 heteroatoms. The molecule has 1 unspecified atom stereocenters. The standard InChI is InChI=1S/C15H10BrCl2NO/c16-9-5-6-11(17)10(7-9)12(18)8-15-19-13-3-1-2-4-14(13)20-15/h1-7,12H,8H2. The molecule has 0 saturated carbocycles. The van der Waals surface area contributed by atoms with Crippen LogP contribution in [-0.2, 0) is 6.42 Å². The summed E-state index contributed by atoms with van der Waals surface area (Å²) in [6.07, 6.45) is 0.492. The molecule has 1 atom stereocenters. The molecule has 0 fully saturated rings. The van der Waals surface area contributed by atoms with Gasteiger partial charge in [0, 0.05) is 15.9 Å². The van der Waals surface area contributed by atoms with E-state index in [2.05, 4.69) is 20.9 Å². The maximum Gasteiger partial charge on any atom is 0.197 e. The van der Waals surface area contributed by atoms with Gasteiger partial charge in [0.1, 0.15) is 5.52 Å². The highest BCUT2D eigenvalue weighted by Gasteiger charge is 2.16. The number of rotatable bonds is 3. The highest BCUT2D eigenvalue weighted by Crippen LogP contribution is 2.33. The molecule has 1 aromatic heterocycles. The van der Waals surface area contributed by atoms with Gasteiger partial charge >= 0.3 is 0 Å². The van der Waals surface area contributed by atoms with Gasteiger partial charge in [0.2, 0.25) is 0 Å². The van der Waals surface area contributed by atoms with Gasteiger partial charge in [0.25, 0.3) is 0 Å². The molecule has 3 rings (SSSR count). The van der Waals surface area contributed by atoms with Crippen molar-refractivity contribution in [2.45, 2.75) is 11.8 Å². The molecule has 1 heterocycles. The van der Waals surface area contributed by atoms with Gasteiger partial charge in [-0.3, -0.25) is 0 Å². The minimum atomic E-state index is -0.284. The highest BCUT2D eigenvalue weighted by molar-refractivity contribution is 9.10.